The van der Waals surface area contributed by atoms with Crippen LogP contribution in [0.1, 0.15) is 21.5 Å². The van der Waals surface area contributed by atoms with Crippen LogP contribution in [0.2, 0.25) is 0 Å². The van der Waals surface area contributed by atoms with E-state index >= 15 is 0 Å². The molecule has 0 unspecified atom stereocenters. The number of carbonyl (C=O) groups is 1. The van der Waals surface area contributed by atoms with Gasteiger partial charge in [0.15, 0.2) is 0 Å². The lowest BCUT2D eigenvalue weighted by Gasteiger charge is -2.18. The van der Waals surface area contributed by atoms with E-state index < -0.39 is 17.6 Å². The number of nitrogen functional groups attached to an aromatic ring is 1. The highest BCUT2D eigenvalue weighted by atomic mass is 19.4. The molecule has 2 heterocycles. The number of ether oxygens (including phenoxy) is 1. The number of nitrogens with two attached hydrogens (primary N) is 1. The van der Waals surface area contributed by atoms with Gasteiger partial charge in [0.2, 0.25) is 5.95 Å². The Balaban J connectivity index is 1.63. The van der Waals surface area contributed by atoms with E-state index in [9.17, 15) is 18.0 Å². The number of pyridine rings is 1. The summed E-state index contributed by atoms with van der Waals surface area (Å²) in [6.07, 6.45) is 0.429. The van der Waals surface area contributed by atoms with Crippen LogP contribution in [0, 0.1) is 6.92 Å². The maximum absolute atomic E-state index is 13.1. The van der Waals surface area contributed by atoms with Crippen molar-refractivity contribution in [2.24, 2.45) is 0 Å². The number of methoxy groups -OCH3 is 1. The van der Waals surface area contributed by atoms with Crippen molar-refractivity contribution in [1.82, 2.24) is 15.0 Å². The molecular weight excluding hydrogens is 507 g/mol. The molecule has 1 amide bonds. The van der Waals surface area contributed by atoms with Gasteiger partial charge in [-0.05, 0) is 60.5 Å². The van der Waals surface area contributed by atoms with Gasteiger partial charge in [-0.2, -0.15) is 13.2 Å². The van der Waals surface area contributed by atoms with E-state index in [-0.39, 0.29) is 17.2 Å². The number of alkyl halides is 3. The molecule has 0 radical (unpaired) electrons. The Morgan fingerprint density at radius 3 is 2.54 bits per heavy atom. The Bertz CT molecular complexity index is 1710. The molecule has 10 heteroatoms. The molecule has 2 aromatic heterocycles. The topological polar surface area (TPSA) is 103 Å². The van der Waals surface area contributed by atoms with Crippen molar-refractivity contribution >= 4 is 28.4 Å². The van der Waals surface area contributed by atoms with Crippen LogP contribution in [-0.4, -0.2) is 28.0 Å². The maximum Gasteiger partial charge on any atom is 0.416 e. The molecule has 5 rings (SSSR count). The summed E-state index contributed by atoms with van der Waals surface area (Å²) >= 11 is 0. The van der Waals surface area contributed by atoms with Crippen LogP contribution in [0.3, 0.4) is 0 Å². The quantitative estimate of drug-likeness (QED) is 0.268. The van der Waals surface area contributed by atoms with Crippen LogP contribution < -0.4 is 15.8 Å². The van der Waals surface area contributed by atoms with Crippen LogP contribution in [0.15, 0.2) is 79.3 Å². The molecule has 0 aliphatic heterocycles. The Hall–Kier alpha value is -4.99. The number of aryl methyl sites for hydroxylation is 1. The van der Waals surface area contributed by atoms with E-state index in [4.69, 9.17) is 10.5 Å². The maximum atomic E-state index is 13.1. The predicted octanol–water partition coefficient (Wildman–Crippen LogP) is 6.53. The van der Waals surface area contributed by atoms with Gasteiger partial charge in [-0.1, -0.05) is 18.2 Å². The number of nitrogens with one attached hydrogen (secondary N) is 1. The fraction of sp³-hybridized carbons (Fsp3) is 0.103. The van der Waals surface area contributed by atoms with Gasteiger partial charge in [0.1, 0.15) is 5.75 Å². The minimum absolute atomic E-state index is 0.0360. The largest absolute Gasteiger partial charge is 0.495 e. The normalized spacial score (nSPS) is 11.4. The number of nitrogens with zero attached hydrogens (tertiary/aromatic N) is 3. The molecule has 0 spiro atoms. The van der Waals surface area contributed by atoms with Gasteiger partial charge in [0.05, 0.1) is 23.8 Å². The highest BCUT2D eigenvalue weighted by molar-refractivity contribution is 6.06. The monoisotopic (exact) mass is 529 g/mol. The van der Waals surface area contributed by atoms with E-state index in [1.807, 2.05) is 19.1 Å². The zero-order chi connectivity index (χ0) is 27.7. The molecule has 0 saturated carbocycles. The molecule has 0 saturated heterocycles. The Kier molecular flexibility index (Phi) is 6.61. The van der Waals surface area contributed by atoms with E-state index in [0.717, 1.165) is 23.3 Å². The van der Waals surface area contributed by atoms with Crippen molar-refractivity contribution in [2.45, 2.75) is 13.1 Å². The highest BCUT2D eigenvalue weighted by Gasteiger charge is 2.30. The first-order valence-electron chi connectivity index (χ1n) is 11.8. The number of amides is 1. The zero-order valence-electron chi connectivity index (χ0n) is 20.9. The third kappa shape index (κ3) is 5.08. The molecule has 0 bridgehead atoms. The van der Waals surface area contributed by atoms with Crippen LogP contribution in [0.25, 0.3) is 33.2 Å². The van der Waals surface area contributed by atoms with Crippen LogP contribution >= 0.6 is 0 Å². The molecule has 3 aromatic carbocycles. The van der Waals surface area contributed by atoms with Gasteiger partial charge in [0.25, 0.3) is 5.91 Å². The Labute approximate surface area is 221 Å². The van der Waals surface area contributed by atoms with E-state index in [1.165, 1.54) is 19.2 Å². The Morgan fingerprint density at radius 1 is 1.00 bits per heavy atom. The lowest BCUT2D eigenvalue weighted by Crippen LogP contribution is -2.13. The van der Waals surface area contributed by atoms with Crippen LogP contribution in [-0.2, 0) is 6.18 Å². The van der Waals surface area contributed by atoms with Gasteiger partial charge < -0.3 is 15.8 Å². The molecule has 39 heavy (non-hydrogen) atoms. The van der Waals surface area contributed by atoms with Gasteiger partial charge in [-0.3, -0.25) is 9.78 Å². The minimum atomic E-state index is -4.52. The summed E-state index contributed by atoms with van der Waals surface area (Å²) in [6.45, 7) is 1.89. The molecule has 0 aliphatic carbocycles. The molecule has 5 aromatic rings. The van der Waals surface area contributed by atoms with E-state index in [2.05, 4.69) is 20.3 Å². The number of halogens is 3. The highest BCUT2D eigenvalue weighted by Crippen LogP contribution is 2.44. The van der Waals surface area contributed by atoms with Gasteiger partial charge in [-0.25, -0.2) is 9.97 Å². The Morgan fingerprint density at radius 2 is 1.82 bits per heavy atom. The van der Waals surface area contributed by atoms with Crippen molar-refractivity contribution in [2.75, 3.05) is 18.2 Å². The van der Waals surface area contributed by atoms with Crippen LogP contribution in [0.5, 0.6) is 5.75 Å². The third-order valence-electron chi connectivity index (χ3n) is 6.24. The fourth-order valence-electron chi connectivity index (χ4n) is 4.39. The predicted molar refractivity (Wildman–Crippen MR) is 143 cm³/mol. The molecule has 0 aliphatic rings. The number of carbonyl (C=O) groups excluding carboxylic acids is 1. The number of hydrogen-bond donors (Lipinski definition) is 2. The molecule has 0 fully saturated rings. The summed E-state index contributed by atoms with van der Waals surface area (Å²) in [5.41, 5.74) is 9.52. The van der Waals surface area contributed by atoms with Crippen molar-refractivity contribution in [3.8, 4) is 28.0 Å². The average molecular weight is 530 g/mol. The van der Waals surface area contributed by atoms with Crippen molar-refractivity contribution in [1.29, 1.82) is 0 Å². The molecule has 3 N–H and O–H groups in total. The first-order chi connectivity index (χ1) is 18.7. The molecule has 7 nitrogen and oxygen atoms in total. The standard InChI is InChI=1S/C29H22F3N5O2/c1-16-8-9-17(27(38)36-21-7-3-6-20(13-21)29(30,31)32)11-22(16)23-12-19-15-35-28(33)37-25(19)24(26(23)39-2)18-5-4-10-34-14-18/h3-15H,1-2H3,(H,36,38)(H2,33,35,37). The second-order valence-electron chi connectivity index (χ2n) is 8.80. The third-order valence-corrected chi connectivity index (χ3v) is 6.24. The first kappa shape index (κ1) is 25.7. The first-order valence-corrected chi connectivity index (χ1v) is 11.8. The minimum Gasteiger partial charge on any atom is -0.495 e. The number of rotatable bonds is 5. The summed E-state index contributed by atoms with van der Waals surface area (Å²) in [5, 5.41) is 3.25. The van der Waals surface area contributed by atoms with Crippen molar-refractivity contribution in [3.63, 3.8) is 0 Å². The number of anilines is 2. The number of fused-ring (bicyclic) bond motifs is 1. The summed E-state index contributed by atoms with van der Waals surface area (Å²) in [7, 11) is 1.54. The number of hydrogen-bond acceptors (Lipinski definition) is 6. The fourth-order valence-corrected chi connectivity index (χ4v) is 4.39. The number of aromatic nitrogens is 3. The lowest BCUT2D eigenvalue weighted by atomic mass is 9.91. The summed E-state index contributed by atoms with van der Waals surface area (Å²) in [4.78, 5) is 25.9. The van der Waals surface area contributed by atoms with Crippen molar-refractivity contribution in [3.05, 3.63) is 95.9 Å². The molecular formula is C29H22F3N5O2. The summed E-state index contributed by atoms with van der Waals surface area (Å²) < 4.78 is 45.3. The zero-order valence-corrected chi connectivity index (χ0v) is 20.9. The summed E-state index contributed by atoms with van der Waals surface area (Å²) in [6, 6.07) is 15.1. The van der Waals surface area contributed by atoms with Crippen molar-refractivity contribution < 1.29 is 22.7 Å². The van der Waals surface area contributed by atoms with Gasteiger partial charge >= 0.3 is 6.18 Å². The average Bonchev–Trinajstić information content (AvgIpc) is 2.92. The number of benzene rings is 3. The lowest BCUT2D eigenvalue weighted by molar-refractivity contribution is -0.137. The second-order valence-corrected chi connectivity index (χ2v) is 8.80. The van der Waals surface area contributed by atoms with Crippen LogP contribution in [0.4, 0.5) is 24.8 Å². The van der Waals surface area contributed by atoms with E-state index in [1.54, 1.807) is 42.9 Å². The van der Waals surface area contributed by atoms with E-state index in [0.29, 0.717) is 33.3 Å². The summed E-state index contributed by atoms with van der Waals surface area (Å²) in [5.74, 6) is 0.0398. The van der Waals surface area contributed by atoms with Gasteiger partial charge in [-0.15, -0.1) is 0 Å². The second kappa shape index (κ2) is 10.1. The molecule has 0 atom stereocenters. The SMILES string of the molecule is COc1c(-c2cc(C(=O)Nc3cccc(C(F)(F)F)c3)ccc2C)cc2cnc(N)nc2c1-c1cccnc1. The van der Waals surface area contributed by atoms with Gasteiger partial charge in [0, 0.05) is 46.4 Å². The smallest absolute Gasteiger partial charge is 0.416 e. The molecule has 196 valence electrons.